The fraction of sp³-hybridized carbons (Fsp3) is 0.978. The van der Waals surface area contributed by atoms with Crippen LogP contribution in [-0.2, 0) is 14.3 Å². The van der Waals surface area contributed by atoms with Gasteiger partial charge in [0.25, 0.3) is 0 Å². The Morgan fingerprint density at radius 2 is 1.02 bits per heavy atom. The molecule has 0 amide bonds. The highest BCUT2D eigenvalue weighted by atomic mass is 32.2. The molecule has 0 aliphatic rings. The van der Waals surface area contributed by atoms with E-state index in [1.165, 1.54) is 172 Å². The van der Waals surface area contributed by atoms with Crippen molar-refractivity contribution >= 4 is 17.7 Å². The van der Waals surface area contributed by atoms with Crippen molar-refractivity contribution < 1.29 is 14.3 Å². The first-order chi connectivity index (χ1) is 24.6. The van der Waals surface area contributed by atoms with E-state index in [1.807, 2.05) is 0 Å². The van der Waals surface area contributed by atoms with E-state index in [0.29, 0.717) is 24.9 Å². The minimum atomic E-state index is 0.0194. The molecular formula is C45H91NO3S. The highest BCUT2D eigenvalue weighted by Crippen LogP contribution is 2.21. The molecule has 0 radical (unpaired) electrons. The van der Waals surface area contributed by atoms with Gasteiger partial charge in [0.2, 0.25) is 0 Å². The van der Waals surface area contributed by atoms with E-state index in [2.05, 4.69) is 51.7 Å². The Morgan fingerprint density at radius 3 is 1.56 bits per heavy atom. The second-order valence-corrected chi connectivity index (χ2v) is 17.0. The number of carbonyl (C=O) groups excluding carboxylic acids is 1. The largest absolute Gasteiger partial charge is 0.465 e. The third kappa shape index (κ3) is 37.5. The van der Waals surface area contributed by atoms with Gasteiger partial charge in [-0.1, -0.05) is 169 Å². The van der Waals surface area contributed by atoms with Gasteiger partial charge in [-0.05, 0) is 87.3 Å². The highest BCUT2D eigenvalue weighted by Gasteiger charge is 2.13. The molecule has 0 aliphatic heterocycles. The number of ether oxygens (including phenoxy) is 2. The third-order valence-electron chi connectivity index (χ3n) is 10.4. The van der Waals surface area contributed by atoms with E-state index in [1.54, 1.807) is 0 Å². The van der Waals surface area contributed by atoms with Crippen molar-refractivity contribution in [3.63, 3.8) is 0 Å². The van der Waals surface area contributed by atoms with Gasteiger partial charge in [0.1, 0.15) is 0 Å². The van der Waals surface area contributed by atoms with Crippen LogP contribution in [0, 0.1) is 17.8 Å². The molecule has 5 heteroatoms. The Kier molecular flexibility index (Phi) is 41.3. The summed E-state index contributed by atoms with van der Waals surface area (Å²) >= 11 is 2.09. The van der Waals surface area contributed by atoms with E-state index >= 15 is 0 Å². The maximum atomic E-state index is 12.4. The van der Waals surface area contributed by atoms with Gasteiger partial charge in [0.15, 0.2) is 0 Å². The van der Waals surface area contributed by atoms with Crippen LogP contribution in [0.4, 0.5) is 0 Å². The third-order valence-corrected chi connectivity index (χ3v) is 11.8. The molecule has 0 spiro atoms. The summed E-state index contributed by atoms with van der Waals surface area (Å²) in [6.45, 7) is 16.2. The van der Waals surface area contributed by atoms with Crippen molar-refractivity contribution in [1.82, 2.24) is 5.32 Å². The van der Waals surface area contributed by atoms with E-state index in [-0.39, 0.29) is 5.97 Å². The fourth-order valence-electron chi connectivity index (χ4n) is 6.95. The molecule has 0 aromatic rings. The minimum Gasteiger partial charge on any atom is -0.465 e. The van der Waals surface area contributed by atoms with E-state index < -0.39 is 0 Å². The average Bonchev–Trinajstić information content (AvgIpc) is 3.12. The topological polar surface area (TPSA) is 47.6 Å². The monoisotopic (exact) mass is 726 g/mol. The van der Waals surface area contributed by atoms with E-state index in [0.717, 1.165) is 51.5 Å². The van der Waals surface area contributed by atoms with Crippen molar-refractivity contribution in [2.75, 3.05) is 44.4 Å². The Labute approximate surface area is 319 Å². The van der Waals surface area contributed by atoms with Crippen molar-refractivity contribution in [3.05, 3.63) is 0 Å². The number of unbranched alkanes of at least 4 members (excludes halogenated alkanes) is 18. The molecule has 3 atom stereocenters. The number of hydrogen-bond acceptors (Lipinski definition) is 5. The van der Waals surface area contributed by atoms with Crippen molar-refractivity contribution in [1.29, 1.82) is 0 Å². The first-order valence-corrected chi connectivity index (χ1v) is 23.7. The zero-order chi connectivity index (χ0) is 36.6. The lowest BCUT2D eigenvalue weighted by Crippen LogP contribution is -2.23. The summed E-state index contributed by atoms with van der Waals surface area (Å²) in [5.41, 5.74) is 0. The second kappa shape index (κ2) is 41.5. The molecule has 1 N–H and O–H groups in total. The highest BCUT2D eigenvalue weighted by molar-refractivity contribution is 7.99. The van der Waals surface area contributed by atoms with Crippen LogP contribution >= 0.6 is 11.8 Å². The smallest absolute Gasteiger partial charge is 0.305 e. The van der Waals surface area contributed by atoms with Crippen molar-refractivity contribution in [2.24, 2.45) is 17.8 Å². The number of nitrogens with one attached hydrogen (secondary N) is 1. The lowest BCUT2D eigenvalue weighted by atomic mass is 9.95. The standard InChI is InChI=1S/C45H91NO3S/c1-6-10-14-18-20-25-31-43(30-23-16-12-8-3)39-48-36-29-37-50-41-42(5)38-46-35-28-22-27-34-45(47)49-40-44(32-24-17-13-9-4)33-26-21-19-15-11-7-2/h42-44,46H,6-41H2,1-5H3. The second-order valence-electron chi connectivity index (χ2n) is 15.8. The summed E-state index contributed by atoms with van der Waals surface area (Å²) in [5.74, 6) is 4.46. The summed E-state index contributed by atoms with van der Waals surface area (Å²) in [4.78, 5) is 12.4. The van der Waals surface area contributed by atoms with E-state index in [4.69, 9.17) is 9.47 Å². The fourth-order valence-corrected chi connectivity index (χ4v) is 7.96. The molecule has 0 fully saturated rings. The Balaban J connectivity index is 3.87. The minimum absolute atomic E-state index is 0.0194. The molecule has 0 rings (SSSR count). The first kappa shape index (κ1) is 49.7. The van der Waals surface area contributed by atoms with Gasteiger partial charge >= 0.3 is 5.97 Å². The molecule has 0 saturated heterocycles. The van der Waals surface area contributed by atoms with Crippen LogP contribution < -0.4 is 5.32 Å². The molecule has 0 aliphatic carbocycles. The van der Waals surface area contributed by atoms with Gasteiger partial charge in [-0.3, -0.25) is 4.79 Å². The SMILES string of the molecule is CCCCCCCCC(CCCCCC)COCCCSCC(C)CNCCCCCC(=O)OCC(CCCCCC)CCCCCCCC. The summed E-state index contributed by atoms with van der Waals surface area (Å²) in [5, 5.41) is 3.65. The van der Waals surface area contributed by atoms with Gasteiger partial charge < -0.3 is 14.8 Å². The maximum Gasteiger partial charge on any atom is 0.305 e. The first-order valence-electron chi connectivity index (χ1n) is 22.6. The van der Waals surface area contributed by atoms with E-state index in [9.17, 15) is 4.79 Å². The molecule has 0 aromatic heterocycles. The zero-order valence-corrected chi connectivity index (χ0v) is 35.6. The molecule has 3 unspecified atom stereocenters. The van der Waals surface area contributed by atoms with Crippen LogP contribution in [0.15, 0.2) is 0 Å². The summed E-state index contributed by atoms with van der Waals surface area (Å²) < 4.78 is 12.0. The quantitative estimate of drug-likeness (QED) is 0.0501. The summed E-state index contributed by atoms with van der Waals surface area (Å²) in [6, 6.07) is 0. The summed E-state index contributed by atoms with van der Waals surface area (Å²) in [7, 11) is 0. The van der Waals surface area contributed by atoms with Crippen LogP contribution in [-0.4, -0.2) is 50.4 Å². The predicted molar refractivity (Wildman–Crippen MR) is 225 cm³/mol. The lowest BCUT2D eigenvalue weighted by Gasteiger charge is -2.17. The molecule has 0 aromatic carbocycles. The van der Waals surface area contributed by atoms with Crippen LogP contribution in [0.1, 0.15) is 221 Å². The molecule has 0 bridgehead atoms. The molecular weight excluding hydrogens is 635 g/mol. The Hall–Kier alpha value is -0.260. The lowest BCUT2D eigenvalue weighted by molar-refractivity contribution is -0.145. The molecule has 0 saturated carbocycles. The van der Waals surface area contributed by atoms with Crippen molar-refractivity contribution in [3.8, 4) is 0 Å². The van der Waals surface area contributed by atoms with Gasteiger partial charge in [-0.25, -0.2) is 0 Å². The number of esters is 1. The number of rotatable bonds is 42. The average molecular weight is 726 g/mol. The maximum absolute atomic E-state index is 12.4. The van der Waals surface area contributed by atoms with Crippen LogP contribution in [0.3, 0.4) is 0 Å². The zero-order valence-electron chi connectivity index (χ0n) is 34.8. The summed E-state index contributed by atoms with van der Waals surface area (Å²) in [6.07, 6.45) is 37.2. The number of thioether (sulfide) groups is 1. The Morgan fingerprint density at radius 1 is 0.560 bits per heavy atom. The van der Waals surface area contributed by atoms with Crippen LogP contribution in [0.5, 0.6) is 0 Å². The molecule has 0 heterocycles. The van der Waals surface area contributed by atoms with Gasteiger partial charge in [0, 0.05) is 19.6 Å². The van der Waals surface area contributed by atoms with Crippen LogP contribution in [0.25, 0.3) is 0 Å². The Bertz CT molecular complexity index is 662. The molecule has 300 valence electrons. The number of carbonyl (C=O) groups is 1. The van der Waals surface area contributed by atoms with Gasteiger partial charge in [-0.2, -0.15) is 11.8 Å². The van der Waals surface area contributed by atoms with Crippen LogP contribution in [0.2, 0.25) is 0 Å². The normalized spacial score (nSPS) is 13.5. The van der Waals surface area contributed by atoms with Gasteiger partial charge in [-0.15, -0.1) is 0 Å². The molecule has 50 heavy (non-hydrogen) atoms. The van der Waals surface area contributed by atoms with Crippen molar-refractivity contribution in [2.45, 2.75) is 221 Å². The molecule has 4 nitrogen and oxygen atoms in total. The van der Waals surface area contributed by atoms with Gasteiger partial charge in [0.05, 0.1) is 6.61 Å². The number of hydrogen-bond donors (Lipinski definition) is 1. The predicted octanol–water partition coefficient (Wildman–Crippen LogP) is 14.1.